The predicted molar refractivity (Wildman–Crippen MR) is 106 cm³/mol. The van der Waals surface area contributed by atoms with Crippen molar-refractivity contribution in [3.8, 4) is 0 Å². The Balaban J connectivity index is 1.49. The predicted octanol–water partition coefficient (Wildman–Crippen LogP) is 2.39. The number of hydrogen-bond acceptors (Lipinski definition) is 4. The number of amides is 2. The summed E-state index contributed by atoms with van der Waals surface area (Å²) in [5, 5.41) is 15.2. The maximum Gasteiger partial charge on any atom is 0.317 e. The van der Waals surface area contributed by atoms with Crippen LogP contribution in [0.2, 0.25) is 0 Å². The molecule has 28 heavy (non-hydrogen) atoms. The van der Waals surface area contributed by atoms with Crippen molar-refractivity contribution in [1.82, 2.24) is 15.5 Å². The molecule has 1 aliphatic carbocycles. The zero-order valence-corrected chi connectivity index (χ0v) is 16.5. The van der Waals surface area contributed by atoms with Gasteiger partial charge in [0.25, 0.3) is 0 Å². The van der Waals surface area contributed by atoms with E-state index in [1.54, 1.807) is 0 Å². The molecule has 2 atom stereocenters. The molecule has 1 aromatic carbocycles. The Hall–Kier alpha value is -2.12. The van der Waals surface area contributed by atoms with Gasteiger partial charge in [0, 0.05) is 25.3 Å². The molecule has 7 nitrogen and oxygen atoms in total. The number of rotatable bonds is 9. The summed E-state index contributed by atoms with van der Waals surface area (Å²) < 4.78 is 5.49. The molecule has 1 heterocycles. The van der Waals surface area contributed by atoms with Crippen LogP contribution in [-0.4, -0.2) is 60.4 Å². The van der Waals surface area contributed by atoms with Crippen LogP contribution < -0.4 is 10.6 Å². The van der Waals surface area contributed by atoms with Crippen LogP contribution in [0.15, 0.2) is 30.3 Å². The number of benzene rings is 1. The van der Waals surface area contributed by atoms with Crippen molar-refractivity contribution in [3.05, 3.63) is 35.9 Å². The maximum absolute atomic E-state index is 12.6. The van der Waals surface area contributed by atoms with Gasteiger partial charge in [-0.15, -0.1) is 0 Å². The third-order valence-corrected chi connectivity index (χ3v) is 5.81. The lowest BCUT2D eigenvalue weighted by atomic mass is 9.85. The van der Waals surface area contributed by atoms with Gasteiger partial charge in [-0.1, -0.05) is 37.3 Å². The Morgan fingerprint density at radius 1 is 1.29 bits per heavy atom. The minimum absolute atomic E-state index is 0.0390. The molecule has 2 amide bonds. The third kappa shape index (κ3) is 5.69. The Labute approximate surface area is 166 Å². The number of nitrogens with one attached hydrogen (secondary N) is 2. The number of nitrogens with zero attached hydrogens (tertiary/aromatic N) is 1. The van der Waals surface area contributed by atoms with Crippen LogP contribution in [-0.2, 0) is 9.53 Å². The highest BCUT2D eigenvalue weighted by Gasteiger charge is 2.35. The normalized spacial score (nSPS) is 25.1. The number of carbonyl (C=O) groups is 2. The van der Waals surface area contributed by atoms with Crippen molar-refractivity contribution in [1.29, 1.82) is 0 Å². The van der Waals surface area contributed by atoms with Gasteiger partial charge in [0.2, 0.25) is 0 Å². The van der Waals surface area contributed by atoms with Gasteiger partial charge in [-0.25, -0.2) is 4.79 Å². The molecule has 154 valence electrons. The summed E-state index contributed by atoms with van der Waals surface area (Å²) in [6.45, 7) is 4.28. The van der Waals surface area contributed by atoms with E-state index in [0.29, 0.717) is 12.5 Å². The van der Waals surface area contributed by atoms with Crippen molar-refractivity contribution < 1.29 is 19.4 Å². The van der Waals surface area contributed by atoms with Gasteiger partial charge in [0.15, 0.2) is 0 Å². The largest absolute Gasteiger partial charge is 0.480 e. The zero-order chi connectivity index (χ0) is 19.9. The van der Waals surface area contributed by atoms with Crippen LogP contribution in [0.4, 0.5) is 4.79 Å². The Morgan fingerprint density at radius 3 is 2.64 bits per heavy atom. The molecule has 1 saturated heterocycles. The topological polar surface area (TPSA) is 90.9 Å². The van der Waals surface area contributed by atoms with Gasteiger partial charge >= 0.3 is 12.0 Å². The summed E-state index contributed by atoms with van der Waals surface area (Å²) in [6, 6.07) is 10.2. The Kier molecular flexibility index (Phi) is 7.28. The van der Waals surface area contributed by atoms with Gasteiger partial charge in [0.1, 0.15) is 0 Å². The number of ether oxygens (including phenoxy) is 1. The summed E-state index contributed by atoms with van der Waals surface area (Å²) in [6.07, 6.45) is 3.49. The number of carbonyl (C=O) groups excluding carboxylic acids is 1. The van der Waals surface area contributed by atoms with E-state index in [9.17, 15) is 9.59 Å². The molecule has 2 fully saturated rings. The maximum atomic E-state index is 12.6. The van der Waals surface area contributed by atoms with Crippen LogP contribution in [0.25, 0.3) is 0 Å². The van der Waals surface area contributed by atoms with Gasteiger partial charge < -0.3 is 20.5 Å². The van der Waals surface area contributed by atoms with Crippen LogP contribution in [0.1, 0.15) is 44.2 Å². The number of aliphatic carboxylic acids is 1. The first-order chi connectivity index (χ1) is 13.5. The number of urea groups is 1. The third-order valence-electron chi connectivity index (χ3n) is 5.81. The molecule has 7 heteroatoms. The highest BCUT2D eigenvalue weighted by atomic mass is 16.5. The molecule has 1 aliphatic heterocycles. The molecule has 3 N–H and O–H groups in total. The smallest absolute Gasteiger partial charge is 0.317 e. The lowest BCUT2D eigenvalue weighted by Crippen LogP contribution is -2.56. The van der Waals surface area contributed by atoms with Crippen LogP contribution in [0.5, 0.6) is 0 Å². The fraction of sp³-hybridized carbons (Fsp3) is 0.619. The van der Waals surface area contributed by atoms with E-state index in [0.717, 1.165) is 44.5 Å². The lowest BCUT2D eigenvalue weighted by molar-refractivity contribution is -0.139. The van der Waals surface area contributed by atoms with Crippen LogP contribution >= 0.6 is 0 Å². The van der Waals surface area contributed by atoms with Crippen LogP contribution in [0.3, 0.4) is 0 Å². The molecule has 2 aliphatic rings. The van der Waals surface area contributed by atoms with Gasteiger partial charge in [0.05, 0.1) is 12.6 Å². The fourth-order valence-electron chi connectivity index (χ4n) is 4.13. The molecular formula is C21H31N3O4. The van der Waals surface area contributed by atoms with E-state index < -0.39 is 5.97 Å². The second-order valence-electron chi connectivity index (χ2n) is 7.83. The van der Waals surface area contributed by atoms with E-state index in [4.69, 9.17) is 9.84 Å². The van der Waals surface area contributed by atoms with Crippen molar-refractivity contribution in [2.24, 2.45) is 5.92 Å². The van der Waals surface area contributed by atoms with E-state index in [1.165, 1.54) is 0 Å². The van der Waals surface area contributed by atoms with Crippen molar-refractivity contribution >= 4 is 12.0 Å². The van der Waals surface area contributed by atoms with Gasteiger partial charge in [-0.05, 0) is 43.7 Å². The first kappa shape index (κ1) is 20.6. The fourth-order valence-corrected chi connectivity index (χ4v) is 4.13. The highest BCUT2D eigenvalue weighted by molar-refractivity contribution is 5.75. The Morgan fingerprint density at radius 2 is 2.04 bits per heavy atom. The van der Waals surface area contributed by atoms with Crippen molar-refractivity contribution in [2.45, 2.75) is 50.7 Å². The number of carboxylic acid groups (broad SMARTS) is 1. The summed E-state index contributed by atoms with van der Waals surface area (Å²) in [7, 11) is 0. The summed E-state index contributed by atoms with van der Waals surface area (Å²) in [5.74, 6) is -0.342. The second kappa shape index (κ2) is 9.89. The number of hydrogen-bond donors (Lipinski definition) is 3. The Bertz CT molecular complexity index is 642. The minimum Gasteiger partial charge on any atom is -0.480 e. The van der Waals surface area contributed by atoms with Crippen LogP contribution in [0, 0.1) is 5.92 Å². The average molecular weight is 389 g/mol. The molecule has 0 radical (unpaired) electrons. The van der Waals surface area contributed by atoms with E-state index in [-0.39, 0.29) is 30.7 Å². The molecule has 0 bridgehead atoms. The number of carboxylic acids is 1. The quantitative estimate of drug-likeness (QED) is 0.603. The van der Waals surface area contributed by atoms with Gasteiger partial charge in [-0.2, -0.15) is 0 Å². The SMILES string of the molecule is CCN(CC(=O)O)C1CC(NC(=O)NC(CC2CCOC2)c2ccccc2)C1. The number of likely N-dealkylation sites (N-methyl/N-ethyl adjacent to an activating group) is 1. The lowest BCUT2D eigenvalue weighted by Gasteiger charge is -2.42. The highest BCUT2D eigenvalue weighted by Crippen LogP contribution is 2.28. The minimum atomic E-state index is -0.808. The van der Waals surface area contributed by atoms with E-state index >= 15 is 0 Å². The second-order valence-corrected chi connectivity index (χ2v) is 7.83. The molecular weight excluding hydrogens is 358 g/mol. The van der Waals surface area contributed by atoms with E-state index in [1.807, 2.05) is 42.2 Å². The molecule has 0 spiro atoms. The summed E-state index contributed by atoms with van der Waals surface area (Å²) >= 11 is 0. The van der Waals surface area contributed by atoms with Crippen molar-refractivity contribution in [2.75, 3.05) is 26.3 Å². The van der Waals surface area contributed by atoms with E-state index in [2.05, 4.69) is 10.6 Å². The molecule has 1 saturated carbocycles. The average Bonchev–Trinajstić information content (AvgIpc) is 3.16. The summed E-state index contributed by atoms with van der Waals surface area (Å²) in [5.41, 5.74) is 1.11. The zero-order valence-electron chi connectivity index (χ0n) is 16.5. The molecule has 1 aromatic rings. The summed E-state index contributed by atoms with van der Waals surface area (Å²) in [4.78, 5) is 25.5. The monoisotopic (exact) mass is 389 g/mol. The van der Waals surface area contributed by atoms with Crippen molar-refractivity contribution in [3.63, 3.8) is 0 Å². The first-order valence-corrected chi connectivity index (χ1v) is 10.2. The molecule has 3 rings (SSSR count). The molecule has 0 aromatic heterocycles. The van der Waals surface area contributed by atoms with Gasteiger partial charge in [-0.3, -0.25) is 9.69 Å². The standard InChI is InChI=1S/C21H31N3O4/c1-2-24(13-20(25)26)18-11-17(12-18)22-21(27)23-19(10-15-8-9-28-14-15)16-6-4-3-5-7-16/h3-7,15,17-19H,2,8-14H2,1H3,(H,25,26)(H2,22,23,27). The molecule has 2 unspecified atom stereocenters. The first-order valence-electron chi connectivity index (χ1n) is 10.2.